The van der Waals surface area contributed by atoms with Crippen LogP contribution < -0.4 is 11.1 Å². The highest BCUT2D eigenvalue weighted by Gasteiger charge is 2.29. The summed E-state index contributed by atoms with van der Waals surface area (Å²) in [7, 11) is 2.91. The first-order chi connectivity index (χ1) is 18.3. The number of pyridine rings is 2. The molecule has 3 heterocycles. The van der Waals surface area contributed by atoms with Crippen molar-refractivity contribution < 1.29 is 14.6 Å². The first-order valence-electron chi connectivity index (χ1n) is 12.4. The van der Waals surface area contributed by atoms with Crippen molar-refractivity contribution in [2.45, 2.75) is 32.2 Å². The van der Waals surface area contributed by atoms with Gasteiger partial charge in [-0.2, -0.15) is 0 Å². The molecule has 2 aromatic carbocycles. The Labute approximate surface area is 218 Å². The third-order valence-electron chi connectivity index (χ3n) is 7.29. The lowest BCUT2D eigenvalue weighted by Gasteiger charge is -2.21. The number of nitrogens with one attached hydrogen (secondary N) is 1. The van der Waals surface area contributed by atoms with Gasteiger partial charge in [0.2, 0.25) is 0 Å². The molecule has 3 aromatic heterocycles. The lowest BCUT2D eigenvalue weighted by Crippen LogP contribution is -2.32. The molecule has 0 aliphatic heterocycles. The number of carbonyl (C=O) groups excluding carboxylic acids is 1. The molecule has 5 aromatic rings. The molecule has 1 atom stereocenters. The van der Waals surface area contributed by atoms with E-state index in [0.29, 0.717) is 18.7 Å². The number of rotatable bonds is 7. The molecule has 2 N–H and O–H groups in total. The number of hydrogen-bond acceptors (Lipinski definition) is 5. The topological polar surface area (TPSA) is 106 Å². The SMILES string of the molecule is COC(=O)C[C@@H](c1c(O)cc(C)n(CCc2c[nH]c3ccccc23)c1=O)c1cc2ccccc2n(C)c1=O. The maximum Gasteiger partial charge on any atom is 0.306 e. The predicted octanol–water partition coefficient (Wildman–Crippen LogP) is 4.13. The van der Waals surface area contributed by atoms with Gasteiger partial charge in [-0.25, -0.2) is 0 Å². The normalized spacial score (nSPS) is 12.2. The summed E-state index contributed by atoms with van der Waals surface area (Å²) in [4.78, 5) is 43.1. The summed E-state index contributed by atoms with van der Waals surface area (Å²) in [6, 6.07) is 18.6. The standard InChI is InChI=1S/C30H29N3O5/c1-18-14-26(34)28(30(37)33(18)13-12-20-17-31-24-10-6-5-9-21(20)24)22(16-27(35)38-3)23-15-19-8-4-7-11-25(19)32(2)29(23)36/h4-11,14-15,17,22,31,34H,12-13,16H2,1-3H3/t22-/m1/s1. The van der Waals surface area contributed by atoms with Crippen molar-refractivity contribution in [1.82, 2.24) is 14.1 Å². The molecule has 0 bridgehead atoms. The summed E-state index contributed by atoms with van der Waals surface area (Å²) >= 11 is 0. The number of aromatic nitrogens is 3. The van der Waals surface area contributed by atoms with Gasteiger partial charge in [-0.3, -0.25) is 14.4 Å². The Morgan fingerprint density at radius 2 is 1.79 bits per heavy atom. The maximum absolute atomic E-state index is 13.9. The van der Waals surface area contributed by atoms with Crippen LogP contribution >= 0.6 is 0 Å². The van der Waals surface area contributed by atoms with Crippen molar-refractivity contribution in [1.29, 1.82) is 0 Å². The van der Waals surface area contributed by atoms with E-state index >= 15 is 0 Å². The molecule has 0 aliphatic carbocycles. The number of esters is 1. The van der Waals surface area contributed by atoms with E-state index in [-0.39, 0.29) is 28.9 Å². The van der Waals surface area contributed by atoms with Crippen LogP contribution in [0.25, 0.3) is 21.8 Å². The lowest BCUT2D eigenvalue weighted by atomic mass is 9.88. The van der Waals surface area contributed by atoms with Crippen molar-refractivity contribution in [3.8, 4) is 5.75 Å². The zero-order valence-corrected chi connectivity index (χ0v) is 21.5. The van der Waals surface area contributed by atoms with Crippen LogP contribution in [0.4, 0.5) is 0 Å². The Balaban J connectivity index is 1.63. The van der Waals surface area contributed by atoms with Gasteiger partial charge in [0, 0.05) is 47.9 Å². The number of para-hydroxylation sites is 2. The minimum absolute atomic E-state index is 0.00677. The average Bonchev–Trinajstić information content (AvgIpc) is 3.33. The third-order valence-corrected chi connectivity index (χ3v) is 7.29. The van der Waals surface area contributed by atoms with E-state index in [1.54, 1.807) is 24.6 Å². The van der Waals surface area contributed by atoms with Gasteiger partial charge in [-0.05, 0) is 48.6 Å². The highest BCUT2D eigenvalue weighted by atomic mass is 16.5. The molecule has 5 rings (SSSR count). The summed E-state index contributed by atoms with van der Waals surface area (Å²) < 4.78 is 8.00. The minimum Gasteiger partial charge on any atom is -0.507 e. The molecule has 0 unspecified atom stereocenters. The number of benzene rings is 2. The van der Waals surface area contributed by atoms with Crippen molar-refractivity contribution >= 4 is 27.8 Å². The van der Waals surface area contributed by atoms with E-state index in [2.05, 4.69) is 4.98 Å². The zero-order chi connectivity index (χ0) is 27.0. The molecule has 0 fully saturated rings. The summed E-state index contributed by atoms with van der Waals surface area (Å²) in [5.41, 5.74) is 2.86. The minimum atomic E-state index is -0.988. The number of aryl methyl sites for hydroxylation is 3. The number of methoxy groups -OCH3 is 1. The molecule has 0 aliphatic rings. The highest BCUT2D eigenvalue weighted by Crippen LogP contribution is 2.32. The van der Waals surface area contributed by atoms with Crippen LogP contribution in [0.2, 0.25) is 0 Å². The number of ether oxygens (including phenoxy) is 1. The molecule has 38 heavy (non-hydrogen) atoms. The number of carbonyl (C=O) groups is 1. The number of H-pyrrole nitrogens is 1. The van der Waals surface area contributed by atoms with Gasteiger partial charge in [0.25, 0.3) is 11.1 Å². The van der Waals surface area contributed by atoms with Gasteiger partial charge < -0.3 is 24.0 Å². The molecule has 0 spiro atoms. The quantitative estimate of drug-likeness (QED) is 0.320. The highest BCUT2D eigenvalue weighted by molar-refractivity contribution is 5.83. The van der Waals surface area contributed by atoms with Gasteiger partial charge in [0.05, 0.1) is 24.6 Å². The number of fused-ring (bicyclic) bond motifs is 2. The van der Waals surface area contributed by atoms with Crippen molar-refractivity contribution in [2.24, 2.45) is 7.05 Å². The van der Waals surface area contributed by atoms with E-state index in [1.165, 1.54) is 17.7 Å². The molecule has 0 amide bonds. The van der Waals surface area contributed by atoms with Gasteiger partial charge in [-0.15, -0.1) is 0 Å². The van der Waals surface area contributed by atoms with Gasteiger partial charge in [0.15, 0.2) is 0 Å². The average molecular weight is 512 g/mol. The smallest absolute Gasteiger partial charge is 0.306 e. The van der Waals surface area contributed by atoms with Gasteiger partial charge >= 0.3 is 5.97 Å². The Bertz CT molecular complexity index is 1790. The molecular formula is C30H29N3O5. The first-order valence-corrected chi connectivity index (χ1v) is 12.4. The number of hydrogen-bond donors (Lipinski definition) is 2. The Kier molecular flexibility index (Phi) is 6.63. The first kappa shape index (κ1) is 25.1. The predicted molar refractivity (Wildman–Crippen MR) is 147 cm³/mol. The van der Waals surface area contributed by atoms with Crippen LogP contribution in [0.5, 0.6) is 5.75 Å². The number of aromatic amines is 1. The Morgan fingerprint density at radius 1 is 1.05 bits per heavy atom. The zero-order valence-electron chi connectivity index (χ0n) is 21.5. The van der Waals surface area contributed by atoms with E-state index in [9.17, 15) is 19.5 Å². The molecular weight excluding hydrogens is 482 g/mol. The van der Waals surface area contributed by atoms with Crippen LogP contribution in [0.3, 0.4) is 0 Å². The summed E-state index contributed by atoms with van der Waals surface area (Å²) in [6.45, 7) is 2.12. The van der Waals surface area contributed by atoms with E-state index in [4.69, 9.17) is 4.74 Å². The molecule has 0 saturated carbocycles. The fraction of sp³-hybridized carbons (Fsp3) is 0.233. The van der Waals surface area contributed by atoms with Crippen molar-refractivity contribution in [2.75, 3.05) is 7.11 Å². The largest absolute Gasteiger partial charge is 0.507 e. The number of aromatic hydroxyl groups is 1. The van der Waals surface area contributed by atoms with Crippen LogP contribution in [0.1, 0.15) is 34.7 Å². The number of nitrogens with zero attached hydrogens (tertiary/aromatic N) is 2. The Hall–Kier alpha value is -4.59. The second-order valence-electron chi connectivity index (χ2n) is 9.51. The summed E-state index contributed by atoms with van der Waals surface area (Å²) in [6.07, 6.45) is 2.25. The molecule has 0 saturated heterocycles. The van der Waals surface area contributed by atoms with Crippen molar-refractivity contribution in [3.63, 3.8) is 0 Å². The van der Waals surface area contributed by atoms with Crippen LogP contribution in [-0.2, 0) is 29.5 Å². The van der Waals surface area contributed by atoms with Crippen LogP contribution in [-0.4, -0.2) is 32.3 Å². The monoisotopic (exact) mass is 511 g/mol. The van der Waals surface area contributed by atoms with E-state index in [0.717, 1.165) is 27.4 Å². The van der Waals surface area contributed by atoms with E-state index in [1.807, 2.05) is 54.7 Å². The molecule has 0 radical (unpaired) electrons. The Morgan fingerprint density at radius 3 is 2.58 bits per heavy atom. The van der Waals surface area contributed by atoms with Crippen LogP contribution in [0.15, 0.2) is 76.4 Å². The summed E-state index contributed by atoms with van der Waals surface area (Å²) in [5.74, 6) is -1.83. The second-order valence-corrected chi connectivity index (χ2v) is 9.51. The van der Waals surface area contributed by atoms with Crippen LogP contribution in [0, 0.1) is 6.92 Å². The molecule has 194 valence electrons. The van der Waals surface area contributed by atoms with Gasteiger partial charge in [0.1, 0.15) is 5.75 Å². The van der Waals surface area contributed by atoms with E-state index < -0.39 is 17.4 Å². The second kappa shape index (κ2) is 10.0. The fourth-order valence-electron chi connectivity index (χ4n) is 5.26. The van der Waals surface area contributed by atoms with Gasteiger partial charge in [-0.1, -0.05) is 36.4 Å². The molecule has 8 nitrogen and oxygen atoms in total. The summed E-state index contributed by atoms with van der Waals surface area (Å²) in [5, 5.41) is 12.9. The fourth-order valence-corrected chi connectivity index (χ4v) is 5.26. The lowest BCUT2D eigenvalue weighted by molar-refractivity contribution is -0.140. The van der Waals surface area contributed by atoms with Crippen molar-refractivity contribution in [3.05, 3.63) is 110 Å². The maximum atomic E-state index is 13.9. The third kappa shape index (κ3) is 4.38. The molecule has 8 heteroatoms.